The lowest BCUT2D eigenvalue weighted by molar-refractivity contribution is -0.138. The van der Waals surface area contributed by atoms with Crippen LogP contribution in [-0.4, -0.2) is 41.9 Å². The summed E-state index contributed by atoms with van der Waals surface area (Å²) < 4.78 is 65.2. The summed E-state index contributed by atoms with van der Waals surface area (Å²) in [4.78, 5) is 4.71. The van der Waals surface area contributed by atoms with Crippen LogP contribution in [0.4, 0.5) is 13.2 Å². The molecule has 2 heterocycles. The maximum Gasteiger partial charge on any atom is 0.417 e. The molecule has 1 atom stereocenters. The summed E-state index contributed by atoms with van der Waals surface area (Å²) >= 11 is 1.97. The molecule has 5 nitrogen and oxygen atoms in total. The summed E-state index contributed by atoms with van der Waals surface area (Å²) in [5.41, 5.74) is -1.66. The van der Waals surface area contributed by atoms with Gasteiger partial charge in [-0.2, -0.15) is 18.4 Å². The molecule has 2 aromatic rings. The number of hydrogen-bond acceptors (Lipinski definition) is 7. The Hall–Kier alpha value is -1.61. The van der Waals surface area contributed by atoms with Crippen LogP contribution in [-0.2, 0) is 16.0 Å². The second-order valence-electron chi connectivity index (χ2n) is 7.67. The van der Waals surface area contributed by atoms with Crippen LogP contribution in [0.3, 0.4) is 0 Å². The van der Waals surface area contributed by atoms with Gasteiger partial charge in [-0.15, -0.1) is 23.1 Å². The zero-order chi connectivity index (χ0) is 24.5. The van der Waals surface area contributed by atoms with Gasteiger partial charge >= 0.3 is 6.18 Å². The van der Waals surface area contributed by atoms with Crippen molar-refractivity contribution in [3.63, 3.8) is 0 Å². The minimum atomic E-state index is -4.76. The number of aromatic nitrogens is 1. The van der Waals surface area contributed by atoms with Crippen LogP contribution in [0.15, 0.2) is 28.6 Å². The van der Waals surface area contributed by atoms with Gasteiger partial charge in [0, 0.05) is 5.75 Å². The highest BCUT2D eigenvalue weighted by Gasteiger charge is 2.36. The van der Waals surface area contributed by atoms with Gasteiger partial charge < -0.3 is 5.11 Å². The minimum absolute atomic E-state index is 0.0331. The number of thioether (sulfide) groups is 1. The number of aliphatic hydroxyl groups excluding tert-OH is 1. The van der Waals surface area contributed by atoms with Crippen molar-refractivity contribution in [2.75, 3.05) is 17.3 Å². The lowest BCUT2D eigenvalue weighted by atomic mass is 10.1. The third kappa shape index (κ3) is 8.92. The Morgan fingerprint density at radius 3 is 2.55 bits per heavy atom. The first-order valence-corrected chi connectivity index (χ1v) is 14.3. The molecule has 0 spiro atoms. The van der Waals surface area contributed by atoms with Gasteiger partial charge in [-0.25, -0.2) is 13.4 Å². The first-order chi connectivity index (χ1) is 15.6. The van der Waals surface area contributed by atoms with Crippen molar-refractivity contribution in [2.24, 2.45) is 0 Å². The van der Waals surface area contributed by atoms with Crippen LogP contribution < -0.4 is 0 Å². The summed E-state index contributed by atoms with van der Waals surface area (Å²) in [6.45, 7) is 2.10. The number of hydrogen-bond donors (Lipinski definition) is 1. The first-order valence-electron chi connectivity index (χ1n) is 10.6. The molecule has 0 unspecified atom stereocenters. The fourth-order valence-electron chi connectivity index (χ4n) is 3.21. The van der Waals surface area contributed by atoms with Crippen LogP contribution in [0.2, 0.25) is 0 Å². The average molecular weight is 521 g/mol. The van der Waals surface area contributed by atoms with Crippen molar-refractivity contribution in [1.82, 2.24) is 4.98 Å². The van der Waals surface area contributed by atoms with E-state index in [-0.39, 0.29) is 22.2 Å². The highest BCUT2D eigenvalue weighted by molar-refractivity contribution is 7.99. The normalized spacial score (nSPS) is 13.1. The Balaban J connectivity index is 2.07. The largest absolute Gasteiger partial charge is 0.417 e. The number of pyridine rings is 1. The number of rotatable bonds is 13. The first kappa shape index (κ1) is 27.6. The van der Waals surface area contributed by atoms with Crippen molar-refractivity contribution in [3.05, 3.63) is 34.7 Å². The van der Waals surface area contributed by atoms with E-state index in [2.05, 4.69) is 11.9 Å². The van der Waals surface area contributed by atoms with Crippen molar-refractivity contribution < 1.29 is 26.7 Å². The number of nitriles is 1. The fraction of sp³-hybridized carbons (Fsp3) is 0.545. The third-order valence-corrected chi connectivity index (χ3v) is 8.66. The fourth-order valence-corrected chi connectivity index (χ4v) is 6.49. The topological polar surface area (TPSA) is 91.1 Å². The van der Waals surface area contributed by atoms with E-state index in [1.54, 1.807) is 23.6 Å². The van der Waals surface area contributed by atoms with E-state index < -0.39 is 39.0 Å². The number of nitrogens with zero attached hydrogens (tertiary/aromatic N) is 2. The molecule has 0 saturated heterocycles. The van der Waals surface area contributed by atoms with E-state index in [1.807, 2.05) is 0 Å². The van der Waals surface area contributed by atoms with Crippen LogP contribution in [0.25, 0.3) is 10.6 Å². The van der Waals surface area contributed by atoms with Gasteiger partial charge in [-0.3, -0.25) is 0 Å². The molecule has 0 aromatic carbocycles. The van der Waals surface area contributed by atoms with Crippen LogP contribution in [0.1, 0.15) is 56.6 Å². The van der Waals surface area contributed by atoms with Crippen molar-refractivity contribution >= 4 is 32.9 Å². The predicted octanol–water partition coefficient (Wildman–Crippen LogP) is 5.93. The molecule has 182 valence electrons. The molecular formula is C22H27F3N2O3S3. The molecule has 0 fully saturated rings. The van der Waals surface area contributed by atoms with E-state index >= 15 is 0 Å². The Morgan fingerprint density at radius 2 is 1.94 bits per heavy atom. The van der Waals surface area contributed by atoms with E-state index in [0.29, 0.717) is 11.3 Å². The lowest BCUT2D eigenvalue weighted by Gasteiger charge is -2.15. The van der Waals surface area contributed by atoms with Crippen molar-refractivity contribution in [3.8, 4) is 16.6 Å². The van der Waals surface area contributed by atoms with Gasteiger partial charge in [0.2, 0.25) is 0 Å². The van der Waals surface area contributed by atoms with Crippen LogP contribution in [0.5, 0.6) is 0 Å². The van der Waals surface area contributed by atoms with Crippen LogP contribution in [0, 0.1) is 11.3 Å². The lowest BCUT2D eigenvalue weighted by Crippen LogP contribution is -2.25. The summed E-state index contributed by atoms with van der Waals surface area (Å²) in [6, 6.07) is 5.71. The van der Waals surface area contributed by atoms with Gasteiger partial charge in [0.05, 0.1) is 39.3 Å². The molecule has 0 aliphatic rings. The second-order valence-corrected chi connectivity index (χ2v) is 11.9. The molecule has 33 heavy (non-hydrogen) atoms. The maximum atomic E-state index is 13.6. The number of sulfone groups is 1. The number of unbranched alkanes of at least 4 members (excludes halogenated alkanes) is 5. The van der Waals surface area contributed by atoms with E-state index in [0.717, 1.165) is 49.9 Å². The third-order valence-electron chi connectivity index (χ3n) is 4.84. The number of thiophene rings is 1. The molecule has 0 bridgehead atoms. The van der Waals surface area contributed by atoms with E-state index in [4.69, 9.17) is 0 Å². The average Bonchev–Trinajstić information content (AvgIpc) is 3.28. The highest BCUT2D eigenvalue weighted by atomic mass is 32.2. The van der Waals surface area contributed by atoms with Gasteiger partial charge in [-0.1, -0.05) is 45.1 Å². The molecule has 0 amide bonds. The molecule has 2 rings (SSSR count). The Labute approximate surface area is 201 Å². The van der Waals surface area contributed by atoms with Gasteiger partial charge in [-0.05, 0) is 23.9 Å². The molecule has 2 aromatic heterocycles. The highest BCUT2D eigenvalue weighted by Crippen LogP contribution is 2.38. The second kappa shape index (κ2) is 12.7. The zero-order valence-electron chi connectivity index (χ0n) is 18.3. The SMILES string of the molecule is CCCCCCCCS(=O)(=O)C[C@@H](O)CSc1nc(-c2cccs2)cc(C(F)(F)F)c1C#N. The van der Waals surface area contributed by atoms with Gasteiger partial charge in [0.25, 0.3) is 0 Å². The molecule has 0 aliphatic heterocycles. The summed E-state index contributed by atoms with van der Waals surface area (Å²) in [5.74, 6) is -0.704. The number of halogens is 3. The number of alkyl halides is 3. The zero-order valence-corrected chi connectivity index (χ0v) is 20.7. The quantitative estimate of drug-likeness (QED) is 0.260. The maximum absolute atomic E-state index is 13.6. The summed E-state index contributed by atoms with van der Waals surface area (Å²) in [7, 11) is -3.50. The Kier molecular flexibility index (Phi) is 10.7. The van der Waals surface area contributed by atoms with E-state index in [1.165, 1.54) is 11.3 Å². The summed E-state index contributed by atoms with van der Waals surface area (Å²) in [5, 5.41) is 21.1. The molecule has 0 saturated carbocycles. The molecular weight excluding hydrogens is 493 g/mol. The minimum Gasteiger partial charge on any atom is -0.391 e. The standard InChI is InChI=1S/C22H27F3N2O3S3/c1-2-3-4-5-6-7-11-33(29,30)15-16(28)14-32-21-17(13-26)18(22(23,24)25)12-19(27-21)20-9-8-10-31-20/h8-10,12,16,28H,2-7,11,14-15H2,1H3/t16-/m0/s1. The van der Waals surface area contributed by atoms with Gasteiger partial charge in [0.1, 0.15) is 11.1 Å². The number of aliphatic hydroxyl groups is 1. The smallest absolute Gasteiger partial charge is 0.391 e. The van der Waals surface area contributed by atoms with Gasteiger partial charge in [0.15, 0.2) is 9.84 Å². The van der Waals surface area contributed by atoms with Crippen molar-refractivity contribution in [2.45, 2.75) is 62.8 Å². The summed E-state index contributed by atoms with van der Waals surface area (Å²) in [6.07, 6.45) is -0.474. The monoisotopic (exact) mass is 520 g/mol. The van der Waals surface area contributed by atoms with Crippen molar-refractivity contribution in [1.29, 1.82) is 5.26 Å². The van der Waals surface area contributed by atoms with E-state index in [9.17, 15) is 32.0 Å². The van der Waals surface area contributed by atoms with Crippen LogP contribution >= 0.6 is 23.1 Å². The molecule has 1 N–H and O–H groups in total. The molecule has 11 heteroatoms. The Bertz CT molecular complexity index is 1030. The molecule has 0 radical (unpaired) electrons. The molecule has 0 aliphatic carbocycles. The Morgan fingerprint density at radius 1 is 1.24 bits per heavy atom. The predicted molar refractivity (Wildman–Crippen MR) is 126 cm³/mol.